The fourth-order valence-electron chi connectivity index (χ4n) is 2.98. The van der Waals surface area contributed by atoms with E-state index >= 15 is 0 Å². The first-order chi connectivity index (χ1) is 16.0. The van der Waals surface area contributed by atoms with Crippen LogP contribution in [0.25, 0.3) is 6.08 Å². The number of nitrogens with one attached hydrogen (secondary N) is 1. The standard InChI is InChI=1S/C23H14Cl3F5N2O/c24-17-8-14(9-18(25)21(17)28)16(23(29,30)31)5-2-12-1-4-15(19(27)7-12)22(34)33-11-13-3-6-20(26)32-10-13/h1-10,16H,11H2,(H,33,34). The number of nitrogens with zero attached hydrogens (tertiary/aromatic N) is 1. The fraction of sp³-hybridized carbons (Fsp3) is 0.130. The zero-order chi connectivity index (χ0) is 25.0. The van der Waals surface area contributed by atoms with Crippen LogP contribution in [0.2, 0.25) is 15.2 Å². The second-order valence-electron chi connectivity index (χ2n) is 7.09. The Morgan fingerprint density at radius 2 is 1.71 bits per heavy atom. The van der Waals surface area contributed by atoms with Gasteiger partial charge in [0.05, 0.1) is 21.5 Å². The van der Waals surface area contributed by atoms with E-state index < -0.39 is 39.7 Å². The third-order valence-corrected chi connectivity index (χ3v) is 5.45. The highest BCUT2D eigenvalue weighted by atomic mass is 35.5. The first-order valence-electron chi connectivity index (χ1n) is 9.53. The topological polar surface area (TPSA) is 42.0 Å². The Balaban J connectivity index is 1.77. The van der Waals surface area contributed by atoms with Crippen molar-refractivity contribution in [1.29, 1.82) is 0 Å². The van der Waals surface area contributed by atoms with Crippen LogP contribution in [-0.4, -0.2) is 17.1 Å². The van der Waals surface area contributed by atoms with Crippen molar-refractivity contribution in [3.63, 3.8) is 0 Å². The summed E-state index contributed by atoms with van der Waals surface area (Å²) in [6, 6.07) is 8.19. The zero-order valence-corrected chi connectivity index (χ0v) is 19.2. The van der Waals surface area contributed by atoms with Gasteiger partial charge in [-0.15, -0.1) is 0 Å². The van der Waals surface area contributed by atoms with Crippen LogP contribution >= 0.6 is 34.8 Å². The number of allylic oxidation sites excluding steroid dienone is 1. The molecule has 1 unspecified atom stereocenters. The van der Waals surface area contributed by atoms with Crippen LogP contribution in [0.5, 0.6) is 0 Å². The average Bonchev–Trinajstić information content (AvgIpc) is 2.76. The Kier molecular flexibility index (Phi) is 8.17. The summed E-state index contributed by atoms with van der Waals surface area (Å²) in [5.41, 5.74) is 0.0401. The minimum atomic E-state index is -4.75. The van der Waals surface area contributed by atoms with Crippen molar-refractivity contribution in [3.05, 3.63) is 104 Å². The highest BCUT2D eigenvalue weighted by molar-refractivity contribution is 6.35. The van der Waals surface area contributed by atoms with Crippen LogP contribution < -0.4 is 5.32 Å². The predicted octanol–water partition coefficient (Wildman–Crippen LogP) is 7.61. The lowest BCUT2D eigenvalue weighted by Gasteiger charge is -2.18. The number of amides is 1. The van der Waals surface area contributed by atoms with E-state index in [9.17, 15) is 26.7 Å². The minimum absolute atomic E-state index is 0.0696. The third-order valence-electron chi connectivity index (χ3n) is 4.68. The number of halogens is 8. The van der Waals surface area contributed by atoms with Gasteiger partial charge in [-0.25, -0.2) is 13.8 Å². The molecule has 178 valence electrons. The van der Waals surface area contributed by atoms with Crippen molar-refractivity contribution in [2.24, 2.45) is 0 Å². The second kappa shape index (κ2) is 10.7. The van der Waals surface area contributed by atoms with Crippen LogP contribution in [0.4, 0.5) is 22.0 Å². The second-order valence-corrected chi connectivity index (χ2v) is 8.29. The van der Waals surface area contributed by atoms with E-state index in [1.165, 1.54) is 18.3 Å². The predicted molar refractivity (Wildman–Crippen MR) is 121 cm³/mol. The molecule has 0 aliphatic rings. The Morgan fingerprint density at radius 3 is 2.26 bits per heavy atom. The number of hydrogen-bond donors (Lipinski definition) is 1. The van der Waals surface area contributed by atoms with Crippen molar-refractivity contribution in [2.75, 3.05) is 0 Å². The molecule has 1 N–H and O–H groups in total. The van der Waals surface area contributed by atoms with Gasteiger partial charge in [-0.1, -0.05) is 59.1 Å². The summed E-state index contributed by atoms with van der Waals surface area (Å²) in [6.07, 6.45) is -1.50. The summed E-state index contributed by atoms with van der Waals surface area (Å²) >= 11 is 16.9. The molecule has 0 fully saturated rings. The summed E-state index contributed by atoms with van der Waals surface area (Å²) in [5, 5.41) is 1.69. The van der Waals surface area contributed by atoms with Crippen LogP contribution in [0.1, 0.15) is 33.0 Å². The zero-order valence-electron chi connectivity index (χ0n) is 16.9. The average molecular weight is 536 g/mol. The number of benzene rings is 2. The van der Waals surface area contributed by atoms with Gasteiger partial charge in [-0.3, -0.25) is 4.79 Å². The monoisotopic (exact) mass is 534 g/mol. The van der Waals surface area contributed by atoms with Crippen LogP contribution in [0.15, 0.2) is 54.7 Å². The Bertz CT molecular complexity index is 1210. The van der Waals surface area contributed by atoms with E-state index in [-0.39, 0.29) is 28.4 Å². The number of alkyl halides is 3. The number of aromatic nitrogens is 1. The molecule has 0 radical (unpaired) electrons. The van der Waals surface area contributed by atoms with Gasteiger partial charge in [0, 0.05) is 12.7 Å². The van der Waals surface area contributed by atoms with Crippen LogP contribution in [-0.2, 0) is 6.54 Å². The molecular formula is C23H14Cl3F5N2O. The van der Waals surface area contributed by atoms with Crippen molar-refractivity contribution < 1.29 is 26.7 Å². The van der Waals surface area contributed by atoms with Crippen molar-refractivity contribution in [1.82, 2.24) is 10.3 Å². The molecule has 2 aromatic carbocycles. The lowest BCUT2D eigenvalue weighted by Crippen LogP contribution is -2.23. The Morgan fingerprint density at radius 1 is 1.03 bits per heavy atom. The van der Waals surface area contributed by atoms with Gasteiger partial charge in [0.2, 0.25) is 0 Å². The lowest BCUT2D eigenvalue weighted by molar-refractivity contribution is -0.139. The molecule has 1 atom stereocenters. The molecule has 0 saturated carbocycles. The van der Waals surface area contributed by atoms with Crippen molar-refractivity contribution >= 4 is 46.8 Å². The normalized spacial score (nSPS) is 12.7. The number of pyridine rings is 1. The lowest BCUT2D eigenvalue weighted by atomic mass is 9.96. The summed E-state index contributed by atoms with van der Waals surface area (Å²) in [6.45, 7) is 0.0696. The van der Waals surface area contributed by atoms with Gasteiger partial charge in [0.15, 0.2) is 5.82 Å². The number of carbonyl (C=O) groups excluding carboxylic acids is 1. The molecular weight excluding hydrogens is 522 g/mol. The van der Waals surface area contributed by atoms with E-state index in [1.54, 1.807) is 6.07 Å². The van der Waals surface area contributed by atoms with Crippen molar-refractivity contribution in [2.45, 2.75) is 18.6 Å². The first-order valence-corrected chi connectivity index (χ1v) is 10.7. The molecule has 0 aliphatic carbocycles. The molecule has 0 spiro atoms. The van der Waals surface area contributed by atoms with E-state index in [4.69, 9.17) is 34.8 Å². The van der Waals surface area contributed by atoms with Gasteiger partial charge < -0.3 is 5.32 Å². The molecule has 3 nitrogen and oxygen atoms in total. The molecule has 11 heteroatoms. The molecule has 3 aromatic rings. The molecule has 0 saturated heterocycles. The highest BCUT2D eigenvalue weighted by Gasteiger charge is 2.39. The maximum absolute atomic E-state index is 14.5. The molecule has 1 heterocycles. The molecule has 34 heavy (non-hydrogen) atoms. The largest absolute Gasteiger partial charge is 0.399 e. The van der Waals surface area contributed by atoms with E-state index in [0.29, 0.717) is 5.56 Å². The summed E-state index contributed by atoms with van der Waals surface area (Å²) in [4.78, 5) is 16.1. The van der Waals surface area contributed by atoms with Gasteiger partial charge in [0.25, 0.3) is 5.91 Å². The quantitative estimate of drug-likeness (QED) is 0.201. The van der Waals surface area contributed by atoms with Gasteiger partial charge in [-0.2, -0.15) is 13.2 Å². The Labute approximate surface area is 206 Å². The van der Waals surface area contributed by atoms with E-state index in [1.807, 2.05) is 0 Å². The minimum Gasteiger partial charge on any atom is -0.348 e. The summed E-state index contributed by atoms with van der Waals surface area (Å²) < 4.78 is 68.9. The van der Waals surface area contributed by atoms with Gasteiger partial charge in [0.1, 0.15) is 11.0 Å². The molecule has 0 bridgehead atoms. The number of rotatable bonds is 6. The van der Waals surface area contributed by atoms with Crippen LogP contribution in [0, 0.1) is 11.6 Å². The molecule has 1 amide bonds. The molecule has 0 aliphatic heterocycles. The first kappa shape index (κ1) is 25.9. The number of carbonyl (C=O) groups is 1. The number of hydrogen-bond acceptors (Lipinski definition) is 2. The summed E-state index contributed by atoms with van der Waals surface area (Å²) in [7, 11) is 0. The van der Waals surface area contributed by atoms with Gasteiger partial charge in [-0.05, 0) is 47.0 Å². The summed E-state index contributed by atoms with van der Waals surface area (Å²) in [5.74, 6) is -4.85. The highest BCUT2D eigenvalue weighted by Crippen LogP contribution is 2.39. The van der Waals surface area contributed by atoms with Crippen molar-refractivity contribution in [3.8, 4) is 0 Å². The SMILES string of the molecule is O=C(NCc1ccc(Cl)nc1)c1ccc(C=CC(c2cc(Cl)c(F)c(Cl)c2)C(F)(F)F)cc1F. The molecule has 3 rings (SSSR count). The maximum atomic E-state index is 14.5. The van der Waals surface area contributed by atoms with Crippen LogP contribution in [0.3, 0.4) is 0 Å². The maximum Gasteiger partial charge on any atom is 0.399 e. The Hall–Kier alpha value is -2.68. The van der Waals surface area contributed by atoms with E-state index in [0.717, 1.165) is 36.4 Å². The fourth-order valence-corrected chi connectivity index (χ4v) is 3.59. The third kappa shape index (κ3) is 6.46. The molecule has 1 aromatic heterocycles. The van der Waals surface area contributed by atoms with Gasteiger partial charge >= 0.3 is 6.18 Å². The smallest absolute Gasteiger partial charge is 0.348 e. The van der Waals surface area contributed by atoms with E-state index in [2.05, 4.69) is 10.3 Å².